The summed E-state index contributed by atoms with van der Waals surface area (Å²) in [6.45, 7) is 2.06. The van der Waals surface area contributed by atoms with Gasteiger partial charge in [-0.15, -0.1) is 5.10 Å². The Bertz CT molecular complexity index is 533. The molecule has 0 aliphatic heterocycles. The fraction of sp³-hybridized carbons (Fsp3) is 0.333. The number of tetrazole rings is 1. The minimum Gasteiger partial charge on any atom is -0.497 e. The Labute approximate surface area is 105 Å². The van der Waals surface area contributed by atoms with E-state index in [0.29, 0.717) is 12.4 Å². The maximum atomic E-state index is 11.1. The van der Waals surface area contributed by atoms with E-state index in [4.69, 9.17) is 4.74 Å². The van der Waals surface area contributed by atoms with E-state index in [1.807, 2.05) is 24.3 Å². The van der Waals surface area contributed by atoms with Gasteiger partial charge in [-0.1, -0.05) is 12.1 Å². The fourth-order valence-corrected chi connectivity index (χ4v) is 1.60. The summed E-state index contributed by atoms with van der Waals surface area (Å²) in [7, 11) is 1.63. The molecule has 0 bridgehead atoms. The molecule has 0 fully saturated rings. The van der Waals surface area contributed by atoms with Gasteiger partial charge >= 0.3 is 0 Å². The number of Topliss-reactive ketones (excluding diaryl/α,β-unsaturated/α-hetero) is 1. The first-order valence-electron chi connectivity index (χ1n) is 5.56. The Morgan fingerprint density at radius 1 is 1.33 bits per heavy atom. The van der Waals surface area contributed by atoms with Crippen molar-refractivity contribution in [2.75, 3.05) is 7.11 Å². The number of methoxy groups -OCH3 is 1. The molecule has 1 heterocycles. The quantitative estimate of drug-likeness (QED) is 0.782. The van der Waals surface area contributed by atoms with Crippen molar-refractivity contribution in [3.63, 3.8) is 0 Å². The molecule has 94 valence electrons. The third-order valence-corrected chi connectivity index (χ3v) is 2.50. The van der Waals surface area contributed by atoms with Crippen molar-refractivity contribution in [2.24, 2.45) is 0 Å². The van der Waals surface area contributed by atoms with E-state index in [2.05, 4.69) is 15.5 Å². The molecule has 2 rings (SSSR count). The summed E-state index contributed by atoms with van der Waals surface area (Å²) in [5.41, 5.74) is 1.05. The zero-order valence-corrected chi connectivity index (χ0v) is 10.3. The molecule has 0 atom stereocenters. The molecular formula is C12H14N4O2. The lowest BCUT2D eigenvalue weighted by atomic mass is 10.2. The predicted octanol–water partition coefficient (Wildman–Crippen LogP) is 0.861. The van der Waals surface area contributed by atoms with Gasteiger partial charge in [-0.3, -0.25) is 4.79 Å². The van der Waals surface area contributed by atoms with Crippen LogP contribution in [0.1, 0.15) is 18.3 Å². The lowest BCUT2D eigenvalue weighted by Crippen LogP contribution is -2.10. The average Bonchev–Trinajstić information content (AvgIpc) is 2.77. The maximum absolute atomic E-state index is 11.1. The zero-order valence-electron chi connectivity index (χ0n) is 10.3. The van der Waals surface area contributed by atoms with E-state index in [1.165, 1.54) is 6.92 Å². The van der Waals surface area contributed by atoms with Crippen LogP contribution in [0.25, 0.3) is 0 Å². The number of hydrogen-bond acceptors (Lipinski definition) is 5. The van der Waals surface area contributed by atoms with Gasteiger partial charge in [-0.25, -0.2) is 4.68 Å². The summed E-state index contributed by atoms with van der Waals surface area (Å²) in [4.78, 5) is 11.1. The fourth-order valence-electron chi connectivity index (χ4n) is 1.60. The third kappa shape index (κ3) is 2.91. The van der Waals surface area contributed by atoms with Gasteiger partial charge in [0.2, 0.25) is 0 Å². The highest BCUT2D eigenvalue weighted by atomic mass is 16.5. The van der Waals surface area contributed by atoms with Crippen molar-refractivity contribution in [3.05, 3.63) is 35.7 Å². The third-order valence-electron chi connectivity index (χ3n) is 2.50. The van der Waals surface area contributed by atoms with Crippen LogP contribution >= 0.6 is 0 Å². The lowest BCUT2D eigenvalue weighted by molar-refractivity contribution is -0.116. The molecule has 6 heteroatoms. The van der Waals surface area contributed by atoms with Gasteiger partial charge in [0.05, 0.1) is 20.1 Å². The maximum Gasteiger partial charge on any atom is 0.159 e. The Kier molecular flexibility index (Phi) is 3.66. The summed E-state index contributed by atoms with van der Waals surface area (Å²) in [6, 6.07) is 7.64. The van der Waals surface area contributed by atoms with E-state index in [1.54, 1.807) is 11.8 Å². The SMILES string of the molecule is COc1ccc(Cn2nnnc2CC(C)=O)cc1. The molecule has 6 nitrogen and oxygen atoms in total. The smallest absolute Gasteiger partial charge is 0.159 e. The lowest BCUT2D eigenvalue weighted by Gasteiger charge is -2.05. The Balaban J connectivity index is 2.12. The minimum atomic E-state index is 0.0424. The van der Waals surface area contributed by atoms with E-state index >= 15 is 0 Å². The number of carbonyl (C=O) groups excluding carboxylic acids is 1. The molecular weight excluding hydrogens is 232 g/mol. The van der Waals surface area contributed by atoms with Crippen LogP contribution in [0.5, 0.6) is 5.75 Å². The topological polar surface area (TPSA) is 69.9 Å². The minimum absolute atomic E-state index is 0.0424. The van der Waals surface area contributed by atoms with Crippen molar-refractivity contribution in [1.29, 1.82) is 0 Å². The van der Waals surface area contributed by atoms with Gasteiger partial charge in [0.15, 0.2) is 5.82 Å². The second-order valence-electron chi connectivity index (χ2n) is 3.98. The molecule has 1 aromatic carbocycles. The van der Waals surface area contributed by atoms with Crippen LogP contribution < -0.4 is 4.74 Å². The standard InChI is InChI=1S/C12H14N4O2/c1-9(17)7-12-13-14-15-16(12)8-10-3-5-11(18-2)6-4-10/h3-6H,7-8H2,1-2H3. The highest BCUT2D eigenvalue weighted by Gasteiger charge is 2.08. The summed E-state index contributed by atoms with van der Waals surface area (Å²) < 4.78 is 6.72. The molecule has 0 saturated carbocycles. The van der Waals surface area contributed by atoms with Crippen LogP contribution in [0, 0.1) is 0 Å². The van der Waals surface area contributed by atoms with Gasteiger partial charge in [0, 0.05) is 0 Å². The molecule has 0 aliphatic carbocycles. The second-order valence-corrected chi connectivity index (χ2v) is 3.98. The molecule has 0 amide bonds. The van der Waals surface area contributed by atoms with Crippen molar-refractivity contribution >= 4 is 5.78 Å². The first-order chi connectivity index (χ1) is 8.69. The van der Waals surface area contributed by atoms with E-state index in [9.17, 15) is 4.79 Å². The molecule has 2 aromatic rings. The number of hydrogen-bond donors (Lipinski definition) is 0. The Morgan fingerprint density at radius 2 is 2.06 bits per heavy atom. The number of ketones is 1. The molecule has 0 saturated heterocycles. The molecule has 18 heavy (non-hydrogen) atoms. The zero-order chi connectivity index (χ0) is 13.0. The van der Waals surface area contributed by atoms with Gasteiger partial charge in [0.1, 0.15) is 11.5 Å². The first kappa shape index (κ1) is 12.2. The molecule has 0 N–H and O–H groups in total. The number of carbonyl (C=O) groups is 1. The van der Waals surface area contributed by atoms with Gasteiger partial charge in [-0.2, -0.15) is 0 Å². The largest absolute Gasteiger partial charge is 0.497 e. The number of aromatic nitrogens is 4. The summed E-state index contributed by atoms with van der Waals surface area (Å²) in [5.74, 6) is 1.43. The van der Waals surface area contributed by atoms with Crippen LogP contribution in [-0.4, -0.2) is 33.1 Å². The van der Waals surface area contributed by atoms with Crippen molar-refractivity contribution in [3.8, 4) is 5.75 Å². The van der Waals surface area contributed by atoms with Crippen molar-refractivity contribution in [1.82, 2.24) is 20.2 Å². The van der Waals surface area contributed by atoms with Gasteiger partial charge in [0.25, 0.3) is 0 Å². The summed E-state index contributed by atoms with van der Waals surface area (Å²) >= 11 is 0. The first-order valence-corrected chi connectivity index (χ1v) is 5.56. The summed E-state index contributed by atoms with van der Waals surface area (Å²) in [6.07, 6.45) is 0.253. The van der Waals surface area contributed by atoms with E-state index in [-0.39, 0.29) is 12.2 Å². The molecule has 0 spiro atoms. The normalized spacial score (nSPS) is 10.3. The molecule has 0 unspecified atom stereocenters. The number of nitrogens with zero attached hydrogens (tertiary/aromatic N) is 4. The monoisotopic (exact) mass is 246 g/mol. The van der Waals surface area contributed by atoms with Crippen LogP contribution in [0.3, 0.4) is 0 Å². The van der Waals surface area contributed by atoms with Crippen molar-refractivity contribution in [2.45, 2.75) is 19.9 Å². The highest BCUT2D eigenvalue weighted by molar-refractivity contribution is 5.77. The predicted molar refractivity (Wildman–Crippen MR) is 64.3 cm³/mol. The molecule has 0 aliphatic rings. The van der Waals surface area contributed by atoms with E-state index in [0.717, 1.165) is 11.3 Å². The number of ether oxygens (including phenoxy) is 1. The van der Waals surface area contributed by atoms with Crippen LogP contribution in [0.4, 0.5) is 0 Å². The molecule has 1 aromatic heterocycles. The Morgan fingerprint density at radius 3 is 2.67 bits per heavy atom. The van der Waals surface area contributed by atoms with Crippen molar-refractivity contribution < 1.29 is 9.53 Å². The van der Waals surface area contributed by atoms with E-state index < -0.39 is 0 Å². The average molecular weight is 246 g/mol. The summed E-state index contributed by atoms with van der Waals surface area (Å²) in [5, 5.41) is 11.3. The molecule has 0 radical (unpaired) electrons. The number of rotatable bonds is 5. The number of benzene rings is 1. The second kappa shape index (κ2) is 5.39. The van der Waals surface area contributed by atoms with Gasteiger partial charge in [-0.05, 0) is 35.0 Å². The Hall–Kier alpha value is -2.24. The van der Waals surface area contributed by atoms with Crippen LogP contribution in [0.15, 0.2) is 24.3 Å². The van der Waals surface area contributed by atoms with Crippen LogP contribution in [-0.2, 0) is 17.8 Å². The van der Waals surface area contributed by atoms with Gasteiger partial charge < -0.3 is 4.74 Å². The highest BCUT2D eigenvalue weighted by Crippen LogP contribution is 2.12. The van der Waals surface area contributed by atoms with Crippen LogP contribution in [0.2, 0.25) is 0 Å².